The number of nitrogens with zero attached hydrogens (tertiary/aromatic N) is 1. The molecule has 0 aliphatic rings. The van der Waals surface area contributed by atoms with Gasteiger partial charge in [0.15, 0.2) is 0 Å². The number of aryl methyl sites for hydroxylation is 2. The van der Waals surface area contributed by atoms with Gasteiger partial charge >= 0.3 is 0 Å². The average molecular weight is 355 g/mol. The molecule has 3 aromatic carbocycles. The van der Waals surface area contributed by atoms with Crippen LogP contribution in [0.4, 0.5) is 0 Å². The van der Waals surface area contributed by atoms with E-state index in [1.165, 1.54) is 0 Å². The molecule has 2 heterocycles. The molecule has 0 aliphatic heterocycles. The molecule has 2 aromatic heterocycles. The van der Waals surface area contributed by atoms with Crippen molar-refractivity contribution in [3.05, 3.63) is 90.1 Å². The third kappa shape index (κ3) is 2.70. The SMILES string of the molecule is [2H]C([2H])([2H])c1ccc(-c2ccnc(-c3cccc4c3oc3cc(C([2H])([2H])[2H])ccc34)c2)cc1. The van der Waals surface area contributed by atoms with E-state index in [9.17, 15) is 0 Å². The van der Waals surface area contributed by atoms with E-state index in [-0.39, 0.29) is 5.56 Å². The zero-order chi connectivity index (χ0) is 23.4. The highest BCUT2D eigenvalue weighted by Gasteiger charge is 2.13. The van der Waals surface area contributed by atoms with Crippen LogP contribution in [0.5, 0.6) is 0 Å². The first-order valence-corrected chi connectivity index (χ1v) is 8.64. The highest BCUT2D eigenvalue weighted by Crippen LogP contribution is 2.36. The molecule has 0 atom stereocenters. The van der Waals surface area contributed by atoms with Gasteiger partial charge in [-0.15, -0.1) is 0 Å². The lowest BCUT2D eigenvalue weighted by molar-refractivity contribution is 0.669. The molecule has 5 rings (SSSR count). The molecule has 0 fully saturated rings. The van der Waals surface area contributed by atoms with Crippen LogP contribution in [0, 0.1) is 13.7 Å². The fraction of sp³-hybridized carbons (Fsp3) is 0.0800. The van der Waals surface area contributed by atoms with Crippen molar-refractivity contribution >= 4 is 21.9 Å². The lowest BCUT2D eigenvalue weighted by atomic mass is 10.0. The Morgan fingerprint density at radius 2 is 1.63 bits per heavy atom. The molecule has 0 unspecified atom stereocenters. The van der Waals surface area contributed by atoms with Crippen molar-refractivity contribution in [3.63, 3.8) is 0 Å². The topological polar surface area (TPSA) is 26.0 Å². The maximum atomic E-state index is 7.66. The number of rotatable bonds is 2. The first-order valence-electron chi connectivity index (χ1n) is 11.6. The summed E-state index contributed by atoms with van der Waals surface area (Å²) in [5.74, 6) is 0. The third-order valence-electron chi connectivity index (χ3n) is 4.75. The van der Waals surface area contributed by atoms with Crippen molar-refractivity contribution in [1.29, 1.82) is 0 Å². The number of aromatic nitrogens is 1. The summed E-state index contributed by atoms with van der Waals surface area (Å²) in [4.78, 5) is 4.53. The second-order valence-corrected chi connectivity index (χ2v) is 6.50. The first kappa shape index (κ1) is 10.7. The molecule has 130 valence electrons. The fourth-order valence-corrected chi connectivity index (χ4v) is 3.42. The van der Waals surface area contributed by atoms with Crippen LogP contribution >= 0.6 is 0 Å². The minimum Gasteiger partial charge on any atom is -0.455 e. The molecule has 0 saturated carbocycles. The Labute approximate surface area is 166 Å². The van der Waals surface area contributed by atoms with E-state index >= 15 is 0 Å². The molecule has 5 aromatic rings. The summed E-state index contributed by atoms with van der Waals surface area (Å²) < 4.78 is 51.7. The second-order valence-electron chi connectivity index (χ2n) is 6.50. The molecule has 0 saturated heterocycles. The first-order chi connectivity index (χ1) is 15.6. The number of furan rings is 1. The smallest absolute Gasteiger partial charge is 0.144 e. The standard InChI is InChI=1S/C25H19NO/c1-16-6-9-18(10-7-16)19-12-13-26-23(15-19)22-5-3-4-21-20-11-8-17(2)14-24(20)27-25(21)22/h3-15H,1-2H3/i1D3,2D3. The van der Waals surface area contributed by atoms with Gasteiger partial charge in [-0.05, 0) is 54.7 Å². The quantitative estimate of drug-likeness (QED) is 0.343. The zero-order valence-electron chi connectivity index (χ0n) is 20.4. The number of hydrogen-bond acceptors (Lipinski definition) is 2. The van der Waals surface area contributed by atoms with Gasteiger partial charge in [0.25, 0.3) is 0 Å². The molecule has 0 aliphatic carbocycles. The van der Waals surface area contributed by atoms with Gasteiger partial charge in [0, 0.05) is 30.8 Å². The van der Waals surface area contributed by atoms with Gasteiger partial charge in [0.1, 0.15) is 11.2 Å². The molecular formula is C25H19NO. The minimum atomic E-state index is -2.21. The van der Waals surface area contributed by atoms with Gasteiger partial charge in [-0.2, -0.15) is 0 Å². The van der Waals surface area contributed by atoms with Crippen LogP contribution < -0.4 is 0 Å². The van der Waals surface area contributed by atoms with Crippen molar-refractivity contribution in [1.82, 2.24) is 4.98 Å². The van der Waals surface area contributed by atoms with Gasteiger partial charge in [-0.3, -0.25) is 4.98 Å². The number of fused-ring (bicyclic) bond motifs is 3. The molecule has 0 bridgehead atoms. The fourth-order valence-electron chi connectivity index (χ4n) is 3.42. The monoisotopic (exact) mass is 355 g/mol. The largest absolute Gasteiger partial charge is 0.455 e. The Balaban J connectivity index is 1.61. The maximum absolute atomic E-state index is 7.66. The van der Waals surface area contributed by atoms with Crippen molar-refractivity contribution in [3.8, 4) is 22.4 Å². The highest BCUT2D eigenvalue weighted by atomic mass is 16.3. The lowest BCUT2D eigenvalue weighted by Gasteiger charge is -2.06. The van der Waals surface area contributed by atoms with Crippen molar-refractivity contribution in [2.24, 2.45) is 0 Å². The third-order valence-corrected chi connectivity index (χ3v) is 4.75. The molecule has 0 amide bonds. The Morgan fingerprint density at radius 3 is 2.48 bits per heavy atom. The van der Waals surface area contributed by atoms with Crippen LogP contribution in [0.1, 0.15) is 19.4 Å². The molecule has 0 N–H and O–H groups in total. The van der Waals surface area contributed by atoms with Crippen LogP contribution in [0.2, 0.25) is 0 Å². The van der Waals surface area contributed by atoms with Gasteiger partial charge in [-0.25, -0.2) is 0 Å². The summed E-state index contributed by atoms with van der Waals surface area (Å²) in [5, 5.41) is 1.73. The normalized spacial score (nSPS) is 15.6. The van der Waals surface area contributed by atoms with Gasteiger partial charge in [0.05, 0.1) is 5.69 Å². The highest BCUT2D eigenvalue weighted by molar-refractivity contribution is 6.09. The van der Waals surface area contributed by atoms with E-state index in [1.807, 2.05) is 30.3 Å². The summed E-state index contributed by atoms with van der Waals surface area (Å²) in [6, 6.07) is 21.4. The van der Waals surface area contributed by atoms with Crippen molar-refractivity contribution < 1.29 is 12.6 Å². The molecule has 0 radical (unpaired) electrons. The van der Waals surface area contributed by atoms with Gasteiger partial charge in [0.2, 0.25) is 0 Å². The molecular weight excluding hydrogens is 330 g/mol. The summed E-state index contributed by atoms with van der Waals surface area (Å²) in [7, 11) is 0. The second kappa shape index (κ2) is 6.10. The van der Waals surface area contributed by atoms with E-state index in [2.05, 4.69) is 4.98 Å². The molecule has 2 heteroatoms. The number of para-hydroxylation sites is 1. The van der Waals surface area contributed by atoms with Gasteiger partial charge in [-0.1, -0.05) is 54.1 Å². The van der Waals surface area contributed by atoms with Crippen LogP contribution in [0.3, 0.4) is 0 Å². The Morgan fingerprint density at radius 1 is 0.778 bits per heavy atom. The Bertz CT molecular complexity index is 1480. The Kier molecular flexibility index (Phi) is 2.41. The van der Waals surface area contributed by atoms with Crippen molar-refractivity contribution in [2.75, 3.05) is 0 Å². The van der Waals surface area contributed by atoms with Crippen LogP contribution in [0.25, 0.3) is 44.3 Å². The van der Waals surface area contributed by atoms with E-state index in [4.69, 9.17) is 12.6 Å². The van der Waals surface area contributed by atoms with Gasteiger partial charge < -0.3 is 4.42 Å². The van der Waals surface area contributed by atoms with E-state index in [0.717, 1.165) is 27.5 Å². The van der Waals surface area contributed by atoms with E-state index in [1.54, 1.807) is 48.7 Å². The summed E-state index contributed by atoms with van der Waals surface area (Å²) in [5.41, 5.74) is 4.95. The predicted molar refractivity (Wildman–Crippen MR) is 112 cm³/mol. The van der Waals surface area contributed by atoms with Crippen molar-refractivity contribution in [2.45, 2.75) is 13.7 Å². The summed E-state index contributed by atoms with van der Waals surface area (Å²) in [6.07, 6.45) is 1.70. The number of hydrogen-bond donors (Lipinski definition) is 0. The zero-order valence-corrected chi connectivity index (χ0v) is 14.4. The summed E-state index contributed by atoms with van der Waals surface area (Å²) >= 11 is 0. The number of benzene rings is 3. The Hall–Kier alpha value is -3.39. The molecule has 27 heavy (non-hydrogen) atoms. The van der Waals surface area contributed by atoms with E-state index < -0.39 is 13.7 Å². The average Bonchev–Trinajstić information content (AvgIpc) is 3.16. The minimum absolute atomic E-state index is 0.233. The number of pyridine rings is 1. The van der Waals surface area contributed by atoms with Crippen LogP contribution in [-0.4, -0.2) is 4.98 Å². The van der Waals surface area contributed by atoms with E-state index in [0.29, 0.717) is 22.4 Å². The molecule has 2 nitrogen and oxygen atoms in total. The molecule has 0 spiro atoms. The van der Waals surface area contributed by atoms with Crippen LogP contribution in [0.15, 0.2) is 83.4 Å². The lowest BCUT2D eigenvalue weighted by Crippen LogP contribution is -1.86. The van der Waals surface area contributed by atoms with Crippen LogP contribution in [-0.2, 0) is 0 Å². The maximum Gasteiger partial charge on any atom is 0.144 e. The predicted octanol–water partition coefficient (Wildman–Crippen LogP) is 6.93. The summed E-state index contributed by atoms with van der Waals surface area (Å²) in [6.45, 7) is -4.35.